The molecule has 3 fully saturated rings. The van der Waals surface area contributed by atoms with Crippen molar-refractivity contribution in [3.63, 3.8) is 0 Å². The van der Waals surface area contributed by atoms with E-state index in [-0.39, 0.29) is 18.4 Å². The molecule has 7 nitrogen and oxygen atoms in total. The van der Waals surface area contributed by atoms with Gasteiger partial charge in [-0.15, -0.1) is 0 Å². The fourth-order valence-electron chi connectivity index (χ4n) is 7.20. The van der Waals surface area contributed by atoms with Gasteiger partial charge in [0.15, 0.2) is 0 Å². The van der Waals surface area contributed by atoms with E-state index in [1.807, 2.05) is 23.1 Å². The molecule has 3 aliphatic rings. The standard InChI is InChI=1S/C34H44N4O3/c1-36-17-15-25(23-36)14-16-35-34(40)28-12-13-29-30(22-28)38(24-31(39)37-18-20-41-21-19-37)33(27-10-6-3-7-11-27)32(29)26-8-4-2-5-9-26/h3,6-7,10-13,22,25-26H,2,4-5,8-9,14-21,23-24H2,1H3,(H,35,40). The van der Waals surface area contributed by atoms with E-state index in [0.29, 0.717) is 50.2 Å². The van der Waals surface area contributed by atoms with Crippen LogP contribution >= 0.6 is 0 Å². The van der Waals surface area contributed by atoms with Gasteiger partial charge in [-0.1, -0.05) is 55.7 Å². The van der Waals surface area contributed by atoms with Crippen LogP contribution in [0, 0.1) is 5.92 Å². The van der Waals surface area contributed by atoms with Gasteiger partial charge in [-0.2, -0.15) is 0 Å². The van der Waals surface area contributed by atoms with Gasteiger partial charge in [0.25, 0.3) is 5.91 Å². The summed E-state index contributed by atoms with van der Waals surface area (Å²) in [5.74, 6) is 1.17. The van der Waals surface area contributed by atoms with Crippen molar-refractivity contribution >= 4 is 22.7 Å². The first-order valence-corrected chi connectivity index (χ1v) is 15.6. The zero-order valence-corrected chi connectivity index (χ0v) is 24.4. The molecule has 1 aromatic heterocycles. The normalized spacial score (nSPS) is 20.5. The van der Waals surface area contributed by atoms with Crippen LogP contribution in [0.15, 0.2) is 48.5 Å². The molecule has 2 aromatic carbocycles. The third-order valence-corrected chi connectivity index (χ3v) is 9.41. The largest absolute Gasteiger partial charge is 0.378 e. The minimum Gasteiger partial charge on any atom is -0.378 e. The lowest BCUT2D eigenvalue weighted by molar-refractivity contribution is -0.135. The Balaban J connectivity index is 1.37. The summed E-state index contributed by atoms with van der Waals surface area (Å²) < 4.78 is 7.72. The van der Waals surface area contributed by atoms with Crippen molar-refractivity contribution in [1.29, 1.82) is 0 Å². The van der Waals surface area contributed by atoms with Crippen LogP contribution in [0.25, 0.3) is 22.2 Å². The lowest BCUT2D eigenvalue weighted by Gasteiger charge is -2.28. The Morgan fingerprint density at radius 3 is 2.46 bits per heavy atom. The number of nitrogens with zero attached hydrogens (tertiary/aromatic N) is 3. The van der Waals surface area contributed by atoms with E-state index in [0.717, 1.165) is 49.1 Å². The molecule has 3 heterocycles. The Bertz CT molecular complexity index is 1360. The molecular weight excluding hydrogens is 512 g/mol. The molecule has 0 radical (unpaired) electrons. The number of ether oxygens (including phenoxy) is 1. The molecule has 2 saturated heterocycles. The number of carbonyl (C=O) groups is 2. The van der Waals surface area contributed by atoms with Gasteiger partial charge in [0, 0.05) is 37.1 Å². The smallest absolute Gasteiger partial charge is 0.251 e. The summed E-state index contributed by atoms with van der Waals surface area (Å²) in [5.41, 5.74) is 5.26. The van der Waals surface area contributed by atoms with Gasteiger partial charge < -0.3 is 24.4 Å². The predicted molar refractivity (Wildman–Crippen MR) is 163 cm³/mol. The van der Waals surface area contributed by atoms with Gasteiger partial charge in [0.05, 0.1) is 24.4 Å². The lowest BCUT2D eigenvalue weighted by Crippen LogP contribution is -2.42. The van der Waals surface area contributed by atoms with Crippen LogP contribution in [-0.2, 0) is 16.1 Å². The molecule has 7 heteroatoms. The third-order valence-electron chi connectivity index (χ3n) is 9.41. The highest BCUT2D eigenvalue weighted by Crippen LogP contribution is 2.44. The third kappa shape index (κ3) is 6.21. The van der Waals surface area contributed by atoms with E-state index >= 15 is 0 Å². The van der Waals surface area contributed by atoms with Crippen LogP contribution in [-0.4, -0.2) is 79.2 Å². The van der Waals surface area contributed by atoms with Crippen molar-refractivity contribution in [2.75, 3.05) is 53.0 Å². The van der Waals surface area contributed by atoms with Crippen LogP contribution in [0.2, 0.25) is 0 Å². The van der Waals surface area contributed by atoms with Gasteiger partial charge in [-0.3, -0.25) is 9.59 Å². The maximum atomic E-state index is 13.7. The van der Waals surface area contributed by atoms with Crippen LogP contribution in [0.5, 0.6) is 0 Å². The van der Waals surface area contributed by atoms with Gasteiger partial charge >= 0.3 is 0 Å². The number of hydrogen-bond acceptors (Lipinski definition) is 4. The number of fused-ring (bicyclic) bond motifs is 1. The van der Waals surface area contributed by atoms with Gasteiger partial charge in [0.1, 0.15) is 6.54 Å². The van der Waals surface area contributed by atoms with Crippen molar-refractivity contribution in [3.8, 4) is 11.3 Å². The van der Waals surface area contributed by atoms with E-state index in [2.05, 4.69) is 52.2 Å². The Morgan fingerprint density at radius 1 is 0.951 bits per heavy atom. The number of rotatable bonds is 8. The molecule has 3 aromatic rings. The van der Waals surface area contributed by atoms with Crippen LogP contribution in [0.3, 0.4) is 0 Å². The quantitative estimate of drug-likeness (QED) is 0.410. The zero-order chi connectivity index (χ0) is 28.2. The van der Waals surface area contributed by atoms with Crippen molar-refractivity contribution in [2.24, 2.45) is 5.92 Å². The van der Waals surface area contributed by atoms with E-state index in [1.165, 1.54) is 36.6 Å². The second-order valence-corrected chi connectivity index (χ2v) is 12.2. The van der Waals surface area contributed by atoms with Crippen molar-refractivity contribution in [2.45, 2.75) is 57.4 Å². The highest BCUT2D eigenvalue weighted by molar-refractivity contribution is 6.01. The Hall–Kier alpha value is -3.16. The summed E-state index contributed by atoms with van der Waals surface area (Å²) in [5, 5.41) is 4.35. The van der Waals surface area contributed by atoms with E-state index in [4.69, 9.17) is 4.74 Å². The van der Waals surface area contributed by atoms with Gasteiger partial charge in [-0.05, 0) is 74.4 Å². The Morgan fingerprint density at radius 2 is 1.73 bits per heavy atom. The molecule has 1 atom stereocenters. The molecule has 0 bridgehead atoms. The summed E-state index contributed by atoms with van der Waals surface area (Å²) in [6.07, 6.45) is 8.28. The second-order valence-electron chi connectivity index (χ2n) is 12.2. The molecule has 1 unspecified atom stereocenters. The number of benzene rings is 2. The monoisotopic (exact) mass is 556 g/mol. The van der Waals surface area contributed by atoms with E-state index in [9.17, 15) is 9.59 Å². The summed E-state index contributed by atoms with van der Waals surface area (Å²) >= 11 is 0. The first-order chi connectivity index (χ1) is 20.1. The number of aromatic nitrogens is 1. The average Bonchev–Trinajstić information content (AvgIpc) is 3.58. The number of hydrogen-bond donors (Lipinski definition) is 1. The number of morpholine rings is 1. The predicted octanol–water partition coefficient (Wildman–Crippen LogP) is 5.29. The average molecular weight is 557 g/mol. The maximum absolute atomic E-state index is 13.7. The fourth-order valence-corrected chi connectivity index (χ4v) is 7.20. The number of amides is 2. The molecule has 2 aliphatic heterocycles. The Labute approximate surface area is 243 Å². The maximum Gasteiger partial charge on any atom is 0.251 e. The van der Waals surface area contributed by atoms with Gasteiger partial charge in [-0.25, -0.2) is 0 Å². The van der Waals surface area contributed by atoms with Crippen LogP contribution in [0.1, 0.15) is 66.8 Å². The SMILES string of the molecule is CN1CCC(CCNC(=O)c2ccc3c(C4CCCCC4)c(-c4ccccc4)n(CC(=O)N4CCOCC4)c3c2)C1. The van der Waals surface area contributed by atoms with Crippen LogP contribution in [0.4, 0.5) is 0 Å². The van der Waals surface area contributed by atoms with Crippen molar-refractivity contribution in [1.82, 2.24) is 19.7 Å². The lowest BCUT2D eigenvalue weighted by atomic mass is 9.82. The molecular formula is C34H44N4O3. The first kappa shape index (κ1) is 28.0. The van der Waals surface area contributed by atoms with Crippen molar-refractivity contribution < 1.29 is 14.3 Å². The Kier molecular flexibility index (Phi) is 8.73. The minimum absolute atomic E-state index is 0.0361. The molecule has 1 aliphatic carbocycles. The zero-order valence-electron chi connectivity index (χ0n) is 24.4. The number of likely N-dealkylation sites (tertiary alicyclic amines) is 1. The molecule has 2 amide bonds. The van der Waals surface area contributed by atoms with Crippen molar-refractivity contribution in [3.05, 3.63) is 59.7 Å². The van der Waals surface area contributed by atoms with Gasteiger partial charge in [0.2, 0.25) is 5.91 Å². The summed E-state index contributed by atoms with van der Waals surface area (Å²) in [7, 11) is 2.16. The molecule has 1 saturated carbocycles. The molecule has 41 heavy (non-hydrogen) atoms. The highest BCUT2D eigenvalue weighted by atomic mass is 16.5. The molecule has 6 rings (SSSR count). The molecule has 0 spiro atoms. The molecule has 1 N–H and O–H groups in total. The highest BCUT2D eigenvalue weighted by Gasteiger charge is 2.29. The van der Waals surface area contributed by atoms with Crippen LogP contribution < -0.4 is 5.32 Å². The second kappa shape index (κ2) is 12.8. The number of nitrogens with one attached hydrogen (secondary N) is 1. The minimum atomic E-state index is -0.0361. The summed E-state index contributed by atoms with van der Waals surface area (Å²) in [6.45, 7) is 5.61. The van der Waals surface area contributed by atoms with E-state index < -0.39 is 0 Å². The number of carbonyl (C=O) groups excluding carboxylic acids is 2. The first-order valence-electron chi connectivity index (χ1n) is 15.6. The summed E-state index contributed by atoms with van der Waals surface area (Å²) in [6, 6.07) is 16.7. The topological polar surface area (TPSA) is 66.8 Å². The fraction of sp³-hybridized carbons (Fsp3) is 0.529. The summed E-state index contributed by atoms with van der Waals surface area (Å²) in [4.78, 5) is 31.3. The van der Waals surface area contributed by atoms with E-state index in [1.54, 1.807) is 0 Å². The molecule has 218 valence electrons.